The Morgan fingerprint density at radius 1 is 1.00 bits per heavy atom. The average molecular weight is 378 g/mol. The highest BCUT2D eigenvalue weighted by atomic mass is 19.4. The number of aliphatic hydroxyl groups excluding tert-OH is 1. The molecule has 0 aromatic heterocycles. The summed E-state index contributed by atoms with van der Waals surface area (Å²) < 4.78 is 37.9. The second-order valence-electron chi connectivity index (χ2n) is 5.48. The van der Waals surface area contributed by atoms with Crippen LogP contribution in [0.15, 0.2) is 60.3 Å². The minimum atomic E-state index is -4.47. The van der Waals surface area contributed by atoms with Gasteiger partial charge in [-0.2, -0.15) is 13.2 Å². The van der Waals surface area contributed by atoms with E-state index in [0.717, 1.165) is 12.1 Å². The fraction of sp³-hybridized carbons (Fsp3) is 0.158. The molecular weight excluding hydrogens is 361 g/mol. The maximum atomic E-state index is 12.6. The van der Waals surface area contributed by atoms with Crippen LogP contribution in [0.5, 0.6) is 0 Å². The lowest BCUT2D eigenvalue weighted by Gasteiger charge is -2.11. The number of rotatable bonds is 6. The number of carbonyl (C=O) groups excluding carboxylic acids is 2. The van der Waals surface area contributed by atoms with E-state index in [1.54, 1.807) is 30.3 Å². The van der Waals surface area contributed by atoms with Crippen LogP contribution in [0.4, 0.5) is 13.2 Å². The largest absolute Gasteiger partial charge is 0.416 e. The molecule has 0 atom stereocenters. The van der Waals surface area contributed by atoms with Gasteiger partial charge in [-0.1, -0.05) is 30.3 Å². The maximum Gasteiger partial charge on any atom is 0.416 e. The topological polar surface area (TPSA) is 78.4 Å². The predicted octanol–water partition coefficient (Wildman–Crippen LogP) is 2.58. The summed E-state index contributed by atoms with van der Waals surface area (Å²) in [5.41, 5.74) is -0.368. The second-order valence-corrected chi connectivity index (χ2v) is 5.48. The van der Waals surface area contributed by atoms with Crippen molar-refractivity contribution in [2.75, 3.05) is 13.2 Å². The van der Waals surface area contributed by atoms with E-state index >= 15 is 0 Å². The average Bonchev–Trinajstić information content (AvgIpc) is 2.66. The summed E-state index contributed by atoms with van der Waals surface area (Å²) in [7, 11) is 0. The first kappa shape index (κ1) is 20.2. The van der Waals surface area contributed by atoms with Gasteiger partial charge in [0.15, 0.2) is 0 Å². The molecule has 0 aliphatic rings. The van der Waals surface area contributed by atoms with E-state index in [1.165, 1.54) is 18.2 Å². The van der Waals surface area contributed by atoms with Gasteiger partial charge in [0.05, 0.1) is 12.2 Å². The van der Waals surface area contributed by atoms with Crippen LogP contribution in [0, 0.1) is 0 Å². The van der Waals surface area contributed by atoms with Crippen molar-refractivity contribution in [2.24, 2.45) is 0 Å². The molecule has 0 spiro atoms. The van der Waals surface area contributed by atoms with Gasteiger partial charge in [0.1, 0.15) is 5.70 Å². The monoisotopic (exact) mass is 378 g/mol. The van der Waals surface area contributed by atoms with Crippen molar-refractivity contribution in [3.8, 4) is 0 Å². The number of carbonyl (C=O) groups is 2. The molecule has 0 radical (unpaired) electrons. The van der Waals surface area contributed by atoms with Crippen LogP contribution in [-0.4, -0.2) is 30.1 Å². The number of hydrogen-bond acceptors (Lipinski definition) is 3. The molecule has 142 valence electrons. The van der Waals surface area contributed by atoms with E-state index in [4.69, 9.17) is 5.11 Å². The van der Waals surface area contributed by atoms with Gasteiger partial charge >= 0.3 is 6.18 Å². The van der Waals surface area contributed by atoms with Crippen molar-refractivity contribution in [3.05, 3.63) is 77.0 Å². The van der Waals surface area contributed by atoms with Gasteiger partial charge in [-0.3, -0.25) is 9.59 Å². The molecular formula is C19H17F3N2O3. The Morgan fingerprint density at radius 3 is 2.19 bits per heavy atom. The number of alkyl halides is 3. The molecule has 0 bridgehead atoms. The number of nitrogens with one attached hydrogen (secondary N) is 2. The van der Waals surface area contributed by atoms with Crippen molar-refractivity contribution >= 4 is 17.9 Å². The second kappa shape index (κ2) is 9.00. The van der Waals surface area contributed by atoms with Crippen LogP contribution in [0.25, 0.3) is 6.08 Å². The van der Waals surface area contributed by atoms with E-state index < -0.39 is 23.6 Å². The molecule has 2 aromatic carbocycles. The molecule has 27 heavy (non-hydrogen) atoms. The Bertz CT molecular complexity index is 816. The Labute approximate surface area is 153 Å². The lowest BCUT2D eigenvalue weighted by molar-refractivity contribution is -0.137. The number of aliphatic hydroxyl groups is 1. The molecule has 2 amide bonds. The molecule has 0 aliphatic heterocycles. The van der Waals surface area contributed by atoms with E-state index in [0.29, 0.717) is 11.1 Å². The van der Waals surface area contributed by atoms with Gasteiger partial charge in [0, 0.05) is 12.1 Å². The van der Waals surface area contributed by atoms with Gasteiger partial charge in [0.2, 0.25) is 0 Å². The van der Waals surface area contributed by atoms with E-state index in [9.17, 15) is 22.8 Å². The molecule has 5 nitrogen and oxygen atoms in total. The first-order valence-electron chi connectivity index (χ1n) is 7.95. The first-order chi connectivity index (χ1) is 12.8. The van der Waals surface area contributed by atoms with E-state index in [-0.39, 0.29) is 18.8 Å². The van der Waals surface area contributed by atoms with E-state index in [1.807, 2.05) is 0 Å². The van der Waals surface area contributed by atoms with Crippen LogP contribution in [-0.2, 0) is 11.0 Å². The van der Waals surface area contributed by atoms with Gasteiger partial charge < -0.3 is 15.7 Å². The summed E-state index contributed by atoms with van der Waals surface area (Å²) in [6, 6.07) is 12.3. The SMILES string of the molecule is O=C(NCCO)C(=Cc1ccc(C(F)(F)F)cc1)NC(=O)c1ccccc1. The third-order valence-corrected chi connectivity index (χ3v) is 3.48. The van der Waals surface area contributed by atoms with Crippen molar-refractivity contribution < 1.29 is 27.9 Å². The minimum absolute atomic E-state index is 0.0373. The molecule has 0 saturated heterocycles. The normalized spacial score (nSPS) is 11.8. The third kappa shape index (κ3) is 5.96. The Morgan fingerprint density at radius 2 is 1.63 bits per heavy atom. The summed E-state index contributed by atoms with van der Waals surface area (Å²) in [5, 5.41) is 13.7. The molecule has 2 aromatic rings. The maximum absolute atomic E-state index is 12.6. The molecule has 0 heterocycles. The zero-order valence-electron chi connectivity index (χ0n) is 14.1. The van der Waals surface area contributed by atoms with Gasteiger partial charge in [0.25, 0.3) is 11.8 Å². The summed E-state index contributed by atoms with van der Waals surface area (Å²) in [6.45, 7) is -0.337. The smallest absolute Gasteiger partial charge is 0.395 e. The van der Waals surface area contributed by atoms with Crippen LogP contribution < -0.4 is 10.6 Å². The lowest BCUT2D eigenvalue weighted by Crippen LogP contribution is -2.36. The Hall–Kier alpha value is -3.13. The summed E-state index contributed by atoms with van der Waals surface area (Å²) in [6.07, 6.45) is -3.21. The van der Waals surface area contributed by atoms with Crippen molar-refractivity contribution in [1.29, 1.82) is 0 Å². The molecule has 0 fully saturated rings. The fourth-order valence-corrected chi connectivity index (χ4v) is 2.14. The highest BCUT2D eigenvalue weighted by molar-refractivity contribution is 6.05. The zero-order valence-corrected chi connectivity index (χ0v) is 14.1. The Balaban J connectivity index is 2.27. The van der Waals surface area contributed by atoms with Crippen LogP contribution in [0.1, 0.15) is 21.5 Å². The quantitative estimate of drug-likeness (QED) is 0.676. The Kier molecular flexibility index (Phi) is 6.73. The van der Waals surface area contributed by atoms with Crippen LogP contribution in [0.3, 0.4) is 0 Å². The number of amides is 2. The standard InChI is InChI=1S/C19H17F3N2O3/c20-19(21,22)15-8-6-13(7-9-15)12-16(18(27)23-10-11-25)24-17(26)14-4-2-1-3-5-14/h1-9,12,25H,10-11H2,(H,23,27)(H,24,26). The number of hydrogen-bond donors (Lipinski definition) is 3. The van der Waals surface area contributed by atoms with Gasteiger partial charge in [-0.15, -0.1) is 0 Å². The van der Waals surface area contributed by atoms with Crippen molar-refractivity contribution in [2.45, 2.75) is 6.18 Å². The molecule has 3 N–H and O–H groups in total. The van der Waals surface area contributed by atoms with Crippen molar-refractivity contribution in [1.82, 2.24) is 10.6 Å². The van der Waals surface area contributed by atoms with Gasteiger partial charge in [-0.05, 0) is 35.9 Å². The molecule has 2 rings (SSSR count). The molecule has 0 aliphatic carbocycles. The molecule has 8 heteroatoms. The van der Waals surface area contributed by atoms with Crippen LogP contribution in [0.2, 0.25) is 0 Å². The van der Waals surface area contributed by atoms with Crippen LogP contribution >= 0.6 is 0 Å². The predicted molar refractivity (Wildman–Crippen MR) is 93.4 cm³/mol. The highest BCUT2D eigenvalue weighted by Gasteiger charge is 2.29. The van der Waals surface area contributed by atoms with Crippen molar-refractivity contribution in [3.63, 3.8) is 0 Å². The first-order valence-corrected chi connectivity index (χ1v) is 7.95. The lowest BCUT2D eigenvalue weighted by atomic mass is 10.1. The van der Waals surface area contributed by atoms with E-state index in [2.05, 4.69) is 10.6 Å². The van der Waals surface area contributed by atoms with Gasteiger partial charge in [-0.25, -0.2) is 0 Å². The number of halogens is 3. The highest BCUT2D eigenvalue weighted by Crippen LogP contribution is 2.29. The summed E-state index contributed by atoms with van der Waals surface area (Å²) >= 11 is 0. The third-order valence-electron chi connectivity index (χ3n) is 3.48. The minimum Gasteiger partial charge on any atom is -0.395 e. The molecule has 0 saturated carbocycles. The number of benzene rings is 2. The zero-order chi connectivity index (χ0) is 19.9. The summed E-state index contributed by atoms with van der Waals surface area (Å²) in [4.78, 5) is 24.5. The summed E-state index contributed by atoms with van der Waals surface area (Å²) in [5.74, 6) is -1.22. The molecule has 0 unspecified atom stereocenters. The fourth-order valence-electron chi connectivity index (χ4n) is 2.14.